The minimum Gasteiger partial charge on any atom is -0.474 e. The predicted octanol–water partition coefficient (Wildman–Crippen LogP) is 6.49. The van der Waals surface area contributed by atoms with E-state index < -0.39 is 17.5 Å². The number of hydrogen-bond acceptors (Lipinski definition) is 9. The quantitative estimate of drug-likeness (QED) is 0.177. The first-order valence-corrected chi connectivity index (χ1v) is 15.3. The van der Waals surface area contributed by atoms with Crippen molar-refractivity contribution in [2.75, 3.05) is 13.1 Å². The second-order valence-electron chi connectivity index (χ2n) is 11.8. The van der Waals surface area contributed by atoms with Crippen LogP contribution < -0.4 is 4.74 Å². The summed E-state index contributed by atoms with van der Waals surface area (Å²) in [6, 6.07) is 16.9. The number of aromatic nitrogens is 6. The lowest BCUT2D eigenvalue weighted by Crippen LogP contribution is -2.38. The summed E-state index contributed by atoms with van der Waals surface area (Å²) in [5, 5.41) is 14.0. The maximum atomic E-state index is 13.0. The highest BCUT2D eigenvalue weighted by atomic mass is 35.5. The van der Waals surface area contributed by atoms with E-state index in [-0.39, 0.29) is 11.9 Å². The molecule has 2 aromatic carbocycles. The molecule has 4 heterocycles. The van der Waals surface area contributed by atoms with Crippen LogP contribution in [0.2, 0.25) is 5.02 Å². The summed E-state index contributed by atoms with van der Waals surface area (Å²) in [5.74, 6) is 0.447. The molecule has 2 aliphatic rings. The molecule has 0 bridgehead atoms. The molecule has 1 saturated heterocycles. The number of nitriles is 1. The smallest absolute Gasteiger partial charge is 0.471 e. The summed E-state index contributed by atoms with van der Waals surface area (Å²) in [7, 11) is 0. The fraction of sp³-hybridized carbons (Fsp3) is 0.375. The van der Waals surface area contributed by atoms with Crippen LogP contribution in [0.1, 0.15) is 48.8 Å². The van der Waals surface area contributed by atoms with E-state index in [1.807, 2.05) is 24.3 Å². The molecule has 0 radical (unpaired) electrons. The number of likely N-dealkylation sites (tertiary alicyclic amines) is 1. The van der Waals surface area contributed by atoms with E-state index in [9.17, 15) is 18.4 Å². The molecule has 1 saturated carbocycles. The summed E-state index contributed by atoms with van der Waals surface area (Å²) in [6.07, 6.45) is 0.778. The van der Waals surface area contributed by atoms with Crippen LogP contribution in [0.5, 0.6) is 5.88 Å². The number of rotatable bonds is 9. The third kappa shape index (κ3) is 6.54. The molecule has 3 aromatic heterocycles. The summed E-state index contributed by atoms with van der Waals surface area (Å²) < 4.78 is 51.8. The summed E-state index contributed by atoms with van der Waals surface area (Å²) in [4.78, 5) is 19.7. The van der Waals surface area contributed by atoms with Gasteiger partial charge in [0.1, 0.15) is 17.8 Å². The largest absolute Gasteiger partial charge is 0.474 e. The van der Waals surface area contributed by atoms with Crippen LogP contribution in [0.25, 0.3) is 22.4 Å². The second kappa shape index (κ2) is 12.0. The van der Waals surface area contributed by atoms with E-state index in [1.54, 1.807) is 30.5 Å². The van der Waals surface area contributed by atoms with Crippen LogP contribution >= 0.6 is 11.6 Å². The number of ether oxygens (including phenoxy) is 1. The summed E-state index contributed by atoms with van der Waals surface area (Å²) in [6.45, 7) is 2.60. The maximum absolute atomic E-state index is 13.0. The number of benzene rings is 2. The van der Waals surface area contributed by atoms with E-state index in [4.69, 9.17) is 21.3 Å². The topological polar surface area (TPSA) is 119 Å². The monoisotopic (exact) mass is 648 g/mol. The SMILES string of the molecule is N#CC1(Cn2c(CN3CCC(Oc4ccnc(Cc5ccc(Cl)cc5)n4)CC3)nc3cc(-c4noc(C(F)(F)F)n4)ccc32)CC1. The number of piperidine rings is 1. The molecule has 5 aromatic rings. The van der Waals surface area contributed by atoms with Gasteiger partial charge in [0.2, 0.25) is 11.7 Å². The minimum absolute atomic E-state index is 0.000721. The van der Waals surface area contributed by atoms with Crippen molar-refractivity contribution in [1.82, 2.24) is 34.6 Å². The maximum Gasteiger partial charge on any atom is 0.471 e. The average Bonchev–Trinajstić information content (AvgIpc) is 3.48. The van der Waals surface area contributed by atoms with E-state index in [0.29, 0.717) is 47.3 Å². The number of hydrogen-bond donors (Lipinski definition) is 0. The number of fused-ring (bicyclic) bond motifs is 1. The van der Waals surface area contributed by atoms with Gasteiger partial charge in [-0.05, 0) is 61.6 Å². The number of nitrogens with zero attached hydrogens (tertiary/aromatic N) is 8. The zero-order chi connectivity index (χ0) is 31.9. The Balaban J connectivity index is 1.04. The van der Waals surface area contributed by atoms with E-state index in [1.165, 1.54) is 0 Å². The fourth-order valence-electron chi connectivity index (χ4n) is 5.70. The second-order valence-corrected chi connectivity index (χ2v) is 12.3. The van der Waals surface area contributed by atoms with E-state index in [0.717, 1.165) is 55.7 Å². The molecular formula is C32H28ClF3N8O2. The first-order valence-electron chi connectivity index (χ1n) is 14.9. The van der Waals surface area contributed by atoms with Crippen molar-refractivity contribution in [3.8, 4) is 23.3 Å². The van der Waals surface area contributed by atoms with Crippen molar-refractivity contribution in [3.05, 3.63) is 82.9 Å². The molecule has 1 aliphatic heterocycles. The lowest BCUT2D eigenvalue weighted by atomic mass is 10.1. The Morgan fingerprint density at radius 1 is 1.04 bits per heavy atom. The minimum atomic E-state index is -4.73. The highest BCUT2D eigenvalue weighted by Gasteiger charge is 2.44. The molecule has 1 aliphatic carbocycles. The first-order chi connectivity index (χ1) is 22.2. The molecule has 0 atom stereocenters. The predicted molar refractivity (Wildman–Crippen MR) is 161 cm³/mol. The Hall–Kier alpha value is -4.54. The highest BCUT2D eigenvalue weighted by Crippen LogP contribution is 2.47. The third-order valence-electron chi connectivity index (χ3n) is 8.45. The van der Waals surface area contributed by atoms with Crippen LogP contribution in [0.4, 0.5) is 13.2 Å². The van der Waals surface area contributed by atoms with E-state index >= 15 is 0 Å². The normalized spacial score (nSPS) is 16.8. The van der Waals surface area contributed by atoms with Crippen LogP contribution in [0.15, 0.2) is 59.3 Å². The number of imidazole rings is 1. The van der Waals surface area contributed by atoms with Crippen LogP contribution in [0.3, 0.4) is 0 Å². The van der Waals surface area contributed by atoms with Crippen molar-refractivity contribution in [2.24, 2.45) is 5.41 Å². The number of alkyl halides is 3. The van der Waals surface area contributed by atoms with Gasteiger partial charge in [0.15, 0.2) is 0 Å². The zero-order valence-electron chi connectivity index (χ0n) is 24.5. The zero-order valence-corrected chi connectivity index (χ0v) is 25.3. The Labute approximate surface area is 266 Å². The van der Waals surface area contributed by atoms with E-state index in [2.05, 4.69) is 40.2 Å². The van der Waals surface area contributed by atoms with Gasteiger partial charge in [-0.2, -0.15) is 28.4 Å². The number of halogens is 4. The van der Waals surface area contributed by atoms with Crippen molar-refractivity contribution >= 4 is 22.6 Å². The van der Waals surface area contributed by atoms with Gasteiger partial charge in [0.05, 0.1) is 29.1 Å². The molecule has 0 amide bonds. The van der Waals surface area contributed by atoms with Gasteiger partial charge in [-0.15, -0.1) is 0 Å². The van der Waals surface area contributed by atoms with Gasteiger partial charge < -0.3 is 13.8 Å². The molecule has 2 fully saturated rings. The third-order valence-corrected chi connectivity index (χ3v) is 8.70. The standard InChI is InChI=1S/C32H28ClF3N8O2/c33-22-4-1-20(2-5-22)15-26-38-12-7-28(40-26)45-23-8-13-43(14-9-23)17-27-39-24-16-21(29-41-30(46-42-29)32(34,35)36)3-6-25(24)44(27)19-31(18-37)10-11-31/h1-7,12,16,23H,8-11,13-15,17,19H2. The Bertz CT molecular complexity index is 1910. The molecule has 0 spiro atoms. The van der Waals surface area contributed by atoms with Gasteiger partial charge in [-0.3, -0.25) is 4.90 Å². The van der Waals surface area contributed by atoms with Gasteiger partial charge in [-0.25, -0.2) is 9.97 Å². The Kier molecular flexibility index (Phi) is 7.86. The van der Waals surface area contributed by atoms with Crippen molar-refractivity contribution < 1.29 is 22.4 Å². The Morgan fingerprint density at radius 2 is 1.83 bits per heavy atom. The molecule has 236 valence electrons. The average molecular weight is 649 g/mol. The lowest BCUT2D eigenvalue weighted by molar-refractivity contribution is -0.159. The highest BCUT2D eigenvalue weighted by molar-refractivity contribution is 6.30. The molecular weight excluding hydrogens is 621 g/mol. The van der Waals surface area contributed by atoms with Gasteiger partial charge in [-0.1, -0.05) is 28.9 Å². The van der Waals surface area contributed by atoms with Crippen LogP contribution in [0, 0.1) is 16.7 Å². The van der Waals surface area contributed by atoms with Crippen LogP contribution in [-0.2, 0) is 25.7 Å². The first kappa shape index (κ1) is 30.1. The summed E-state index contributed by atoms with van der Waals surface area (Å²) >= 11 is 6.00. The van der Waals surface area contributed by atoms with Gasteiger partial charge in [0, 0.05) is 48.9 Å². The molecule has 14 heteroatoms. The molecule has 7 rings (SSSR count). The van der Waals surface area contributed by atoms with Gasteiger partial charge in [0.25, 0.3) is 0 Å². The van der Waals surface area contributed by atoms with Crippen molar-refractivity contribution in [2.45, 2.75) is 57.5 Å². The molecule has 0 unspecified atom stereocenters. The Morgan fingerprint density at radius 3 is 2.52 bits per heavy atom. The molecule has 46 heavy (non-hydrogen) atoms. The van der Waals surface area contributed by atoms with Gasteiger partial charge >= 0.3 is 12.1 Å². The molecule has 10 nitrogen and oxygen atoms in total. The van der Waals surface area contributed by atoms with Crippen molar-refractivity contribution in [1.29, 1.82) is 5.26 Å². The fourth-order valence-corrected chi connectivity index (χ4v) is 5.83. The van der Waals surface area contributed by atoms with Crippen LogP contribution in [-0.4, -0.2) is 53.8 Å². The lowest BCUT2D eigenvalue weighted by Gasteiger charge is -2.31. The summed E-state index contributed by atoms with van der Waals surface area (Å²) in [5.41, 5.74) is 2.39. The molecule has 0 N–H and O–H groups in total. The van der Waals surface area contributed by atoms with Crippen molar-refractivity contribution in [3.63, 3.8) is 0 Å².